The van der Waals surface area contributed by atoms with Gasteiger partial charge in [0.1, 0.15) is 5.69 Å². The second-order valence-electron chi connectivity index (χ2n) is 5.22. The second kappa shape index (κ2) is 5.55. The highest BCUT2D eigenvalue weighted by Gasteiger charge is 2.27. The van der Waals surface area contributed by atoms with E-state index in [-0.39, 0.29) is 18.4 Å². The lowest BCUT2D eigenvalue weighted by molar-refractivity contribution is -0.154. The lowest BCUT2D eigenvalue weighted by Gasteiger charge is -2.12. The van der Waals surface area contributed by atoms with Gasteiger partial charge >= 0.3 is 5.97 Å². The maximum Gasteiger partial charge on any atom is 0.312 e. The summed E-state index contributed by atoms with van der Waals surface area (Å²) in [5.74, 6) is -0.747. The molecule has 6 heteroatoms. The Kier molecular flexibility index (Phi) is 3.60. The summed E-state index contributed by atoms with van der Waals surface area (Å²) in [6.45, 7) is 1.57. The van der Waals surface area contributed by atoms with Crippen molar-refractivity contribution in [3.05, 3.63) is 30.0 Å². The van der Waals surface area contributed by atoms with E-state index in [9.17, 15) is 9.59 Å². The maximum atomic E-state index is 11.9. The predicted octanol–water partition coefficient (Wildman–Crippen LogP) is 1.58. The van der Waals surface area contributed by atoms with E-state index in [2.05, 4.69) is 10.5 Å². The van der Waals surface area contributed by atoms with Crippen molar-refractivity contribution in [2.24, 2.45) is 0 Å². The smallest absolute Gasteiger partial charge is 0.312 e. The number of para-hydroxylation sites is 1. The van der Waals surface area contributed by atoms with E-state index in [4.69, 9.17) is 9.26 Å². The third kappa shape index (κ3) is 3.21. The fourth-order valence-corrected chi connectivity index (χ4v) is 2.04. The van der Waals surface area contributed by atoms with Crippen LogP contribution in [0.2, 0.25) is 0 Å². The third-order valence-electron chi connectivity index (χ3n) is 3.37. The number of rotatable bonds is 5. The summed E-state index contributed by atoms with van der Waals surface area (Å²) >= 11 is 0. The Balaban J connectivity index is 1.59. The predicted molar refractivity (Wildman–Crippen MR) is 74.4 cm³/mol. The van der Waals surface area contributed by atoms with E-state index in [0.29, 0.717) is 11.3 Å². The minimum Gasteiger partial charge on any atom is -0.452 e. The van der Waals surface area contributed by atoms with E-state index in [1.807, 2.05) is 18.2 Å². The molecule has 110 valence electrons. The van der Waals surface area contributed by atoms with Crippen molar-refractivity contribution in [3.63, 3.8) is 0 Å². The average Bonchev–Trinajstić information content (AvgIpc) is 3.19. The minimum absolute atomic E-state index is 0.0158. The first kappa shape index (κ1) is 13.6. The number of nitrogens with zero attached hydrogens (tertiary/aromatic N) is 1. The van der Waals surface area contributed by atoms with Crippen LogP contribution in [0.5, 0.6) is 0 Å². The number of ether oxygens (including phenoxy) is 1. The van der Waals surface area contributed by atoms with Crippen LogP contribution in [0.4, 0.5) is 0 Å². The van der Waals surface area contributed by atoms with Gasteiger partial charge < -0.3 is 14.6 Å². The van der Waals surface area contributed by atoms with Crippen LogP contribution in [0.15, 0.2) is 28.8 Å². The highest BCUT2D eigenvalue weighted by Crippen LogP contribution is 2.20. The summed E-state index contributed by atoms with van der Waals surface area (Å²) in [7, 11) is 0. The number of hydrogen-bond acceptors (Lipinski definition) is 5. The van der Waals surface area contributed by atoms with Crippen molar-refractivity contribution in [1.82, 2.24) is 10.5 Å². The summed E-state index contributed by atoms with van der Waals surface area (Å²) < 4.78 is 10.3. The molecular formula is C15H16N2O4. The Morgan fingerprint density at radius 1 is 1.43 bits per heavy atom. The minimum atomic E-state index is -0.795. The Morgan fingerprint density at radius 3 is 2.95 bits per heavy atom. The average molecular weight is 288 g/mol. The molecule has 3 rings (SSSR count). The molecule has 0 saturated heterocycles. The summed E-state index contributed by atoms with van der Waals surface area (Å²) in [4.78, 5) is 23.6. The first-order valence-corrected chi connectivity index (χ1v) is 6.96. The lowest BCUT2D eigenvalue weighted by Crippen LogP contribution is -2.37. The molecule has 0 radical (unpaired) electrons. The van der Waals surface area contributed by atoms with E-state index in [1.165, 1.54) is 0 Å². The van der Waals surface area contributed by atoms with Crippen LogP contribution >= 0.6 is 0 Å². The van der Waals surface area contributed by atoms with E-state index >= 15 is 0 Å². The number of benzene rings is 1. The molecule has 1 aliphatic carbocycles. The van der Waals surface area contributed by atoms with Gasteiger partial charge in [0.05, 0.1) is 6.42 Å². The zero-order chi connectivity index (χ0) is 14.8. The van der Waals surface area contributed by atoms with Gasteiger partial charge in [-0.05, 0) is 31.9 Å². The fraction of sp³-hybridized carbons (Fsp3) is 0.400. The SMILES string of the molecule is C[C@@H](OC(=O)Cc1noc2ccccc12)C(=O)NC1CC1. The van der Waals surface area contributed by atoms with Crippen LogP contribution in [-0.4, -0.2) is 29.2 Å². The molecule has 6 nitrogen and oxygen atoms in total. The number of carbonyl (C=O) groups excluding carboxylic acids is 2. The number of hydrogen-bond donors (Lipinski definition) is 1. The van der Waals surface area contributed by atoms with Crippen LogP contribution in [0, 0.1) is 0 Å². The molecule has 21 heavy (non-hydrogen) atoms. The Hall–Kier alpha value is -2.37. The fourth-order valence-electron chi connectivity index (χ4n) is 2.04. The molecule has 0 spiro atoms. The first-order chi connectivity index (χ1) is 10.1. The van der Waals surface area contributed by atoms with Crippen LogP contribution < -0.4 is 5.32 Å². The van der Waals surface area contributed by atoms with Gasteiger partial charge in [-0.1, -0.05) is 17.3 Å². The zero-order valence-corrected chi connectivity index (χ0v) is 11.7. The normalized spacial score (nSPS) is 15.7. The third-order valence-corrected chi connectivity index (χ3v) is 3.37. The van der Waals surface area contributed by atoms with Crippen molar-refractivity contribution in [1.29, 1.82) is 0 Å². The molecule has 0 bridgehead atoms. The summed E-state index contributed by atoms with van der Waals surface area (Å²) in [5.41, 5.74) is 1.14. The van der Waals surface area contributed by atoms with Gasteiger partial charge in [-0.25, -0.2) is 0 Å². The van der Waals surface area contributed by atoms with Gasteiger partial charge in [-0.15, -0.1) is 0 Å². The summed E-state index contributed by atoms with van der Waals surface area (Å²) in [6.07, 6.45) is 1.18. The molecule has 0 unspecified atom stereocenters. The molecule has 2 aromatic rings. The molecule has 1 N–H and O–H groups in total. The highest BCUT2D eigenvalue weighted by atomic mass is 16.5. The standard InChI is InChI=1S/C15H16N2O4/c1-9(15(19)16-10-6-7-10)20-14(18)8-12-11-4-2-3-5-13(11)21-17-12/h2-5,9-10H,6-8H2,1H3,(H,16,19)/t9-/m1/s1. The molecule has 0 aliphatic heterocycles. The van der Waals surface area contributed by atoms with E-state index in [1.54, 1.807) is 13.0 Å². The number of amides is 1. The molecule has 1 aromatic carbocycles. The summed E-state index contributed by atoms with van der Waals surface area (Å²) in [5, 5.41) is 7.45. The number of carbonyl (C=O) groups is 2. The molecule has 1 heterocycles. The largest absolute Gasteiger partial charge is 0.452 e. The van der Waals surface area contributed by atoms with Crippen molar-refractivity contribution in [2.45, 2.75) is 38.3 Å². The zero-order valence-electron chi connectivity index (χ0n) is 11.7. The van der Waals surface area contributed by atoms with Crippen molar-refractivity contribution >= 4 is 22.8 Å². The number of nitrogens with one attached hydrogen (secondary N) is 1. The van der Waals surface area contributed by atoms with Crippen molar-refractivity contribution in [2.75, 3.05) is 0 Å². The Bertz CT molecular complexity index is 675. The van der Waals surface area contributed by atoms with Crippen LogP contribution in [-0.2, 0) is 20.7 Å². The molecule has 1 fully saturated rings. The Morgan fingerprint density at radius 2 is 2.19 bits per heavy atom. The van der Waals surface area contributed by atoms with Crippen LogP contribution in [0.1, 0.15) is 25.5 Å². The van der Waals surface area contributed by atoms with Gasteiger partial charge in [0.15, 0.2) is 11.7 Å². The molecule has 1 aliphatic rings. The molecular weight excluding hydrogens is 272 g/mol. The number of fused-ring (bicyclic) bond motifs is 1. The van der Waals surface area contributed by atoms with Crippen LogP contribution in [0.25, 0.3) is 11.0 Å². The lowest BCUT2D eigenvalue weighted by atomic mass is 10.2. The van der Waals surface area contributed by atoms with Gasteiger partial charge in [-0.3, -0.25) is 9.59 Å². The van der Waals surface area contributed by atoms with Gasteiger partial charge in [-0.2, -0.15) is 0 Å². The van der Waals surface area contributed by atoms with Gasteiger partial charge in [0.25, 0.3) is 5.91 Å². The van der Waals surface area contributed by atoms with Crippen molar-refractivity contribution in [3.8, 4) is 0 Å². The second-order valence-corrected chi connectivity index (χ2v) is 5.22. The maximum absolute atomic E-state index is 11.9. The molecule has 1 aromatic heterocycles. The highest BCUT2D eigenvalue weighted by molar-refractivity contribution is 5.86. The molecule has 1 amide bonds. The van der Waals surface area contributed by atoms with E-state index in [0.717, 1.165) is 18.2 Å². The quantitative estimate of drug-likeness (QED) is 0.845. The molecule has 1 saturated carbocycles. The monoisotopic (exact) mass is 288 g/mol. The summed E-state index contributed by atoms with van der Waals surface area (Å²) in [6, 6.07) is 7.54. The number of aromatic nitrogens is 1. The topological polar surface area (TPSA) is 81.4 Å². The first-order valence-electron chi connectivity index (χ1n) is 6.96. The van der Waals surface area contributed by atoms with Crippen LogP contribution in [0.3, 0.4) is 0 Å². The number of esters is 1. The van der Waals surface area contributed by atoms with Gasteiger partial charge in [0, 0.05) is 11.4 Å². The van der Waals surface area contributed by atoms with Crippen molar-refractivity contribution < 1.29 is 18.8 Å². The molecule has 1 atom stereocenters. The van der Waals surface area contributed by atoms with E-state index < -0.39 is 12.1 Å². The Labute approximate surface area is 121 Å². The van der Waals surface area contributed by atoms with Gasteiger partial charge in [0.2, 0.25) is 0 Å².